The van der Waals surface area contributed by atoms with Crippen molar-refractivity contribution in [3.63, 3.8) is 0 Å². The maximum absolute atomic E-state index is 13.1. The molecule has 0 radical (unpaired) electrons. The van der Waals surface area contributed by atoms with Crippen molar-refractivity contribution in [1.82, 2.24) is 29.8 Å². The van der Waals surface area contributed by atoms with Crippen molar-refractivity contribution in [3.05, 3.63) is 66.2 Å². The minimum atomic E-state index is -0.992. The summed E-state index contributed by atoms with van der Waals surface area (Å²) >= 11 is 0. The van der Waals surface area contributed by atoms with E-state index in [1.807, 2.05) is 30.6 Å². The highest BCUT2D eigenvalue weighted by molar-refractivity contribution is 6.05. The SMILES string of the molecule is COc1ccc(CN2C3CC2CN(c2ccc(-c4cc(OCC(C)(C)O)cn5ncc(C(=O)NC6CC6)c45)cn2)C3)cn1. The quantitative estimate of drug-likeness (QED) is 0.290. The number of rotatable bonds is 10. The second kappa shape index (κ2) is 10.8. The molecular weight excluding hydrogens is 546 g/mol. The van der Waals surface area contributed by atoms with Crippen molar-refractivity contribution in [2.24, 2.45) is 0 Å². The monoisotopic (exact) mass is 583 g/mol. The zero-order valence-corrected chi connectivity index (χ0v) is 24.7. The Morgan fingerprint density at radius 1 is 1.09 bits per heavy atom. The van der Waals surface area contributed by atoms with Crippen LogP contribution in [0.2, 0.25) is 0 Å². The summed E-state index contributed by atoms with van der Waals surface area (Å²) in [5.41, 5.74) is 3.07. The van der Waals surface area contributed by atoms with Crippen LogP contribution in [0, 0.1) is 0 Å². The number of hydrogen-bond acceptors (Lipinski definition) is 9. The zero-order valence-electron chi connectivity index (χ0n) is 24.7. The molecule has 43 heavy (non-hydrogen) atoms. The number of carbonyl (C=O) groups excluding carboxylic acids is 1. The molecule has 1 amide bonds. The van der Waals surface area contributed by atoms with Crippen LogP contribution in [-0.4, -0.2) is 86.0 Å². The Morgan fingerprint density at radius 2 is 1.91 bits per heavy atom. The normalized spacial score (nSPS) is 20.1. The van der Waals surface area contributed by atoms with Crippen LogP contribution in [0.4, 0.5) is 5.82 Å². The van der Waals surface area contributed by atoms with Gasteiger partial charge >= 0.3 is 0 Å². The van der Waals surface area contributed by atoms with E-state index in [-0.39, 0.29) is 18.6 Å². The number of piperidine rings is 1. The standard InChI is InChI=1S/C32H37N7O4/c1-32(2,41)19-43-25-11-26(30-27(14-35-39(30)18-25)31(40)36-22-6-7-22)21-5-8-28(33-13-21)37-16-23-10-24(17-37)38(23)15-20-4-9-29(42-3)34-12-20/h4-5,8-9,11-14,18,22-24,41H,6-7,10,15-17,19H2,1-3H3,(H,36,40). The molecule has 1 saturated carbocycles. The number of pyridine rings is 3. The van der Waals surface area contributed by atoms with E-state index in [0.29, 0.717) is 34.8 Å². The highest BCUT2D eigenvalue weighted by Gasteiger charge is 2.44. The van der Waals surface area contributed by atoms with Gasteiger partial charge in [0.05, 0.1) is 36.2 Å². The number of hydrogen-bond donors (Lipinski definition) is 2. The number of nitrogens with zero attached hydrogens (tertiary/aromatic N) is 6. The highest BCUT2D eigenvalue weighted by atomic mass is 16.5. The maximum atomic E-state index is 13.1. The number of aliphatic hydroxyl groups is 1. The van der Waals surface area contributed by atoms with Gasteiger partial charge in [-0.15, -0.1) is 0 Å². The van der Waals surface area contributed by atoms with Gasteiger partial charge in [0.15, 0.2) is 0 Å². The number of aromatic nitrogens is 4. The first kappa shape index (κ1) is 27.6. The summed E-state index contributed by atoms with van der Waals surface area (Å²) in [6.07, 6.45) is 10.3. The Morgan fingerprint density at radius 3 is 2.56 bits per heavy atom. The minimum absolute atomic E-state index is 0.120. The Balaban J connectivity index is 1.11. The van der Waals surface area contributed by atoms with Gasteiger partial charge in [0, 0.05) is 67.3 Å². The maximum Gasteiger partial charge on any atom is 0.255 e. The van der Waals surface area contributed by atoms with Gasteiger partial charge in [0.25, 0.3) is 5.91 Å². The van der Waals surface area contributed by atoms with E-state index in [4.69, 9.17) is 14.5 Å². The molecule has 11 nitrogen and oxygen atoms in total. The summed E-state index contributed by atoms with van der Waals surface area (Å²) in [7, 11) is 1.63. The average molecular weight is 584 g/mol. The number of fused-ring (bicyclic) bond motifs is 3. The van der Waals surface area contributed by atoms with E-state index in [9.17, 15) is 9.90 Å². The number of ether oxygens (including phenoxy) is 2. The van der Waals surface area contributed by atoms with Gasteiger partial charge in [-0.25, -0.2) is 14.5 Å². The Hall–Kier alpha value is -4.22. The van der Waals surface area contributed by atoms with E-state index in [0.717, 1.165) is 49.4 Å². The lowest BCUT2D eigenvalue weighted by Gasteiger charge is -2.56. The first-order valence-corrected chi connectivity index (χ1v) is 14.9. The molecule has 4 aliphatic rings. The molecule has 2 bridgehead atoms. The Kier molecular flexibility index (Phi) is 6.94. The van der Waals surface area contributed by atoms with Gasteiger partial charge < -0.3 is 24.8 Å². The van der Waals surface area contributed by atoms with Crippen LogP contribution in [-0.2, 0) is 6.54 Å². The molecule has 4 aromatic heterocycles. The largest absolute Gasteiger partial charge is 0.489 e. The molecule has 7 heterocycles. The van der Waals surface area contributed by atoms with E-state index in [1.165, 1.54) is 12.0 Å². The van der Waals surface area contributed by atoms with Crippen molar-refractivity contribution < 1.29 is 19.4 Å². The van der Waals surface area contributed by atoms with E-state index < -0.39 is 5.60 Å². The van der Waals surface area contributed by atoms with Gasteiger partial charge in [-0.1, -0.05) is 6.07 Å². The Bertz CT molecular complexity index is 1610. The van der Waals surface area contributed by atoms with Crippen molar-refractivity contribution in [1.29, 1.82) is 0 Å². The zero-order chi connectivity index (χ0) is 29.7. The predicted octanol–water partition coefficient (Wildman–Crippen LogP) is 3.30. The van der Waals surface area contributed by atoms with Gasteiger partial charge in [-0.3, -0.25) is 9.69 Å². The molecule has 2 atom stereocenters. The summed E-state index contributed by atoms with van der Waals surface area (Å²) in [5.74, 6) is 1.99. The second-order valence-corrected chi connectivity index (χ2v) is 12.5. The van der Waals surface area contributed by atoms with Crippen LogP contribution in [0.1, 0.15) is 49.0 Å². The van der Waals surface area contributed by atoms with Crippen LogP contribution >= 0.6 is 0 Å². The minimum Gasteiger partial charge on any atom is -0.489 e. The van der Waals surface area contributed by atoms with Gasteiger partial charge in [-0.2, -0.15) is 5.10 Å². The fourth-order valence-electron chi connectivity index (χ4n) is 6.01. The molecular formula is C32H37N7O4. The molecule has 224 valence electrons. The number of nitrogens with one attached hydrogen (secondary N) is 1. The van der Waals surface area contributed by atoms with Crippen molar-refractivity contribution in [2.45, 2.75) is 63.4 Å². The third-order valence-corrected chi connectivity index (χ3v) is 8.44. The van der Waals surface area contributed by atoms with E-state index >= 15 is 0 Å². The number of amides is 1. The molecule has 0 spiro atoms. The van der Waals surface area contributed by atoms with Gasteiger partial charge in [0.2, 0.25) is 5.88 Å². The van der Waals surface area contributed by atoms with Crippen LogP contribution in [0.15, 0.2) is 55.1 Å². The average Bonchev–Trinajstić information content (AvgIpc) is 3.72. The van der Waals surface area contributed by atoms with Crippen LogP contribution in [0.25, 0.3) is 16.6 Å². The first-order chi connectivity index (χ1) is 20.7. The predicted molar refractivity (Wildman–Crippen MR) is 161 cm³/mol. The molecule has 2 N–H and O–H groups in total. The number of piperazine rings is 1. The molecule has 1 aliphatic carbocycles. The summed E-state index contributed by atoms with van der Waals surface area (Å²) in [5, 5.41) is 17.8. The molecule has 2 unspecified atom stereocenters. The third-order valence-electron chi connectivity index (χ3n) is 8.44. The third kappa shape index (κ3) is 5.74. The van der Waals surface area contributed by atoms with Gasteiger partial charge in [0.1, 0.15) is 18.2 Å². The topological polar surface area (TPSA) is 117 Å². The number of carbonyl (C=O) groups is 1. The summed E-state index contributed by atoms with van der Waals surface area (Å²) in [4.78, 5) is 27.2. The summed E-state index contributed by atoms with van der Waals surface area (Å²) < 4.78 is 12.8. The summed E-state index contributed by atoms with van der Waals surface area (Å²) in [6.45, 7) is 6.24. The molecule has 4 fully saturated rings. The number of methoxy groups -OCH3 is 1. The van der Waals surface area contributed by atoms with Crippen LogP contribution < -0.4 is 19.7 Å². The lowest BCUT2D eigenvalue weighted by molar-refractivity contribution is -0.00876. The molecule has 4 aromatic rings. The van der Waals surface area contributed by atoms with E-state index in [1.54, 1.807) is 37.9 Å². The molecule has 0 aromatic carbocycles. The van der Waals surface area contributed by atoms with Crippen LogP contribution in [0.3, 0.4) is 0 Å². The van der Waals surface area contributed by atoms with Crippen molar-refractivity contribution in [2.75, 3.05) is 31.7 Å². The number of anilines is 1. The Labute approximate surface area is 250 Å². The smallest absolute Gasteiger partial charge is 0.255 e. The molecule has 3 saturated heterocycles. The lowest BCUT2D eigenvalue weighted by Crippen LogP contribution is -2.68. The fraction of sp³-hybridized carbons (Fsp3) is 0.438. The summed E-state index contributed by atoms with van der Waals surface area (Å²) in [6, 6.07) is 11.2. The molecule has 8 rings (SSSR count). The lowest BCUT2D eigenvalue weighted by atomic mass is 9.87. The highest BCUT2D eigenvalue weighted by Crippen LogP contribution is 2.37. The van der Waals surface area contributed by atoms with Gasteiger partial charge in [-0.05, 0) is 56.9 Å². The van der Waals surface area contributed by atoms with E-state index in [2.05, 4.69) is 37.3 Å². The van der Waals surface area contributed by atoms with Crippen LogP contribution in [0.5, 0.6) is 11.6 Å². The fourth-order valence-corrected chi connectivity index (χ4v) is 6.01. The first-order valence-electron chi connectivity index (χ1n) is 14.9. The molecule has 3 aliphatic heterocycles. The van der Waals surface area contributed by atoms with Crippen molar-refractivity contribution >= 4 is 17.2 Å². The van der Waals surface area contributed by atoms with Crippen molar-refractivity contribution in [3.8, 4) is 22.8 Å². The second-order valence-electron chi connectivity index (χ2n) is 12.5. The molecule has 11 heteroatoms.